The van der Waals surface area contributed by atoms with Crippen molar-refractivity contribution in [3.63, 3.8) is 0 Å². The molecular formula is C14H22FN3O2. The van der Waals surface area contributed by atoms with Gasteiger partial charge in [-0.25, -0.2) is 9.37 Å². The van der Waals surface area contributed by atoms with Gasteiger partial charge in [-0.2, -0.15) is 0 Å². The molecule has 1 aliphatic carbocycles. The van der Waals surface area contributed by atoms with Crippen LogP contribution in [0.25, 0.3) is 0 Å². The van der Waals surface area contributed by atoms with E-state index in [0.29, 0.717) is 31.3 Å². The van der Waals surface area contributed by atoms with Crippen LogP contribution < -0.4 is 10.6 Å². The van der Waals surface area contributed by atoms with E-state index in [2.05, 4.69) is 15.6 Å². The maximum absolute atomic E-state index is 14.2. The minimum Gasteiger partial charge on any atom is -0.382 e. The summed E-state index contributed by atoms with van der Waals surface area (Å²) in [5, 5.41) is 6.27. The maximum Gasteiger partial charge on any atom is 0.169 e. The summed E-state index contributed by atoms with van der Waals surface area (Å²) in [5.41, 5.74) is 0.634. The number of anilines is 1. The van der Waals surface area contributed by atoms with Crippen molar-refractivity contribution in [1.82, 2.24) is 10.3 Å². The van der Waals surface area contributed by atoms with Crippen molar-refractivity contribution in [2.24, 2.45) is 0 Å². The van der Waals surface area contributed by atoms with Gasteiger partial charge in [0.15, 0.2) is 11.6 Å². The van der Waals surface area contributed by atoms with Crippen LogP contribution in [0, 0.1) is 5.82 Å². The molecule has 5 nitrogen and oxygen atoms in total. The van der Waals surface area contributed by atoms with Gasteiger partial charge >= 0.3 is 0 Å². The minimum absolute atomic E-state index is 0.130. The van der Waals surface area contributed by atoms with Crippen molar-refractivity contribution in [2.75, 3.05) is 32.7 Å². The zero-order valence-electron chi connectivity index (χ0n) is 12.0. The number of nitrogens with one attached hydrogen (secondary N) is 2. The zero-order valence-corrected chi connectivity index (χ0v) is 12.0. The number of ether oxygens (including phenoxy) is 2. The highest BCUT2D eigenvalue weighted by atomic mass is 19.1. The van der Waals surface area contributed by atoms with Crippen LogP contribution in [-0.2, 0) is 16.0 Å². The summed E-state index contributed by atoms with van der Waals surface area (Å²) in [7, 11) is 3.21. The molecule has 1 unspecified atom stereocenters. The standard InChI is InChI=1S/C14H22FN3O2/c1-19-9-12(20-2)8-18-14-13(15)10(5-6-16-14)7-17-11-3-4-11/h5-6,11-12,17H,3-4,7-9H2,1-2H3,(H,16,18). The Balaban J connectivity index is 1.90. The molecule has 20 heavy (non-hydrogen) atoms. The van der Waals surface area contributed by atoms with E-state index in [4.69, 9.17) is 9.47 Å². The monoisotopic (exact) mass is 283 g/mol. The fourth-order valence-corrected chi connectivity index (χ4v) is 1.89. The molecule has 1 saturated carbocycles. The lowest BCUT2D eigenvalue weighted by atomic mass is 10.2. The van der Waals surface area contributed by atoms with E-state index in [0.717, 1.165) is 0 Å². The van der Waals surface area contributed by atoms with Gasteiger partial charge in [0.2, 0.25) is 0 Å². The van der Waals surface area contributed by atoms with Gasteiger partial charge < -0.3 is 20.1 Å². The van der Waals surface area contributed by atoms with Crippen molar-refractivity contribution < 1.29 is 13.9 Å². The van der Waals surface area contributed by atoms with Gasteiger partial charge in [0.05, 0.1) is 12.7 Å². The molecule has 0 aliphatic heterocycles. The molecule has 0 amide bonds. The predicted molar refractivity (Wildman–Crippen MR) is 75.2 cm³/mol. The number of rotatable bonds is 9. The molecule has 0 radical (unpaired) electrons. The SMILES string of the molecule is COCC(CNc1nccc(CNC2CC2)c1F)OC. The molecule has 0 aromatic carbocycles. The fraction of sp³-hybridized carbons (Fsp3) is 0.643. The van der Waals surface area contributed by atoms with Gasteiger partial charge in [-0.15, -0.1) is 0 Å². The van der Waals surface area contributed by atoms with Crippen molar-refractivity contribution in [1.29, 1.82) is 0 Å². The van der Waals surface area contributed by atoms with Gasteiger partial charge in [0.25, 0.3) is 0 Å². The molecule has 2 N–H and O–H groups in total. The van der Waals surface area contributed by atoms with Crippen LogP contribution in [-0.4, -0.2) is 44.5 Å². The van der Waals surface area contributed by atoms with Gasteiger partial charge in [-0.3, -0.25) is 0 Å². The highest BCUT2D eigenvalue weighted by Crippen LogP contribution is 2.21. The number of halogens is 1. The lowest BCUT2D eigenvalue weighted by Gasteiger charge is -2.16. The number of hydrogen-bond acceptors (Lipinski definition) is 5. The van der Waals surface area contributed by atoms with Crippen molar-refractivity contribution in [3.8, 4) is 0 Å². The number of aromatic nitrogens is 1. The van der Waals surface area contributed by atoms with Crippen LogP contribution in [0.2, 0.25) is 0 Å². The molecule has 0 bridgehead atoms. The van der Waals surface area contributed by atoms with Crippen LogP contribution in [0.4, 0.5) is 10.2 Å². The van der Waals surface area contributed by atoms with Crippen molar-refractivity contribution in [2.45, 2.75) is 31.5 Å². The lowest BCUT2D eigenvalue weighted by molar-refractivity contribution is 0.0365. The minimum atomic E-state index is -0.298. The molecule has 1 aromatic rings. The zero-order chi connectivity index (χ0) is 14.4. The average Bonchev–Trinajstić information content (AvgIpc) is 3.27. The second-order valence-electron chi connectivity index (χ2n) is 4.98. The third kappa shape index (κ3) is 4.40. The number of methoxy groups -OCH3 is 2. The number of hydrogen-bond donors (Lipinski definition) is 2. The second-order valence-corrected chi connectivity index (χ2v) is 4.98. The average molecular weight is 283 g/mol. The molecule has 112 valence electrons. The topological polar surface area (TPSA) is 55.4 Å². The molecule has 0 saturated heterocycles. The molecule has 2 rings (SSSR count). The van der Waals surface area contributed by atoms with Gasteiger partial charge in [-0.1, -0.05) is 0 Å². The molecule has 1 aromatic heterocycles. The molecule has 1 aliphatic rings. The highest BCUT2D eigenvalue weighted by molar-refractivity contribution is 5.40. The van der Waals surface area contributed by atoms with Gasteiger partial charge in [0.1, 0.15) is 0 Å². The fourth-order valence-electron chi connectivity index (χ4n) is 1.89. The summed E-state index contributed by atoms with van der Waals surface area (Å²) in [5.74, 6) is -0.0360. The normalized spacial score (nSPS) is 16.1. The van der Waals surface area contributed by atoms with Crippen LogP contribution in [0.15, 0.2) is 12.3 Å². The Bertz CT molecular complexity index is 427. The lowest BCUT2D eigenvalue weighted by Crippen LogP contribution is -2.27. The third-order valence-electron chi connectivity index (χ3n) is 3.31. The quantitative estimate of drug-likeness (QED) is 0.720. The maximum atomic E-state index is 14.2. The van der Waals surface area contributed by atoms with Gasteiger partial charge in [0, 0.05) is 45.1 Å². The van der Waals surface area contributed by atoms with E-state index in [-0.39, 0.29) is 17.7 Å². The molecule has 6 heteroatoms. The molecule has 1 heterocycles. The van der Waals surface area contributed by atoms with Gasteiger partial charge in [-0.05, 0) is 18.9 Å². The summed E-state index contributed by atoms with van der Waals surface area (Å²) in [6.45, 7) is 1.45. The van der Waals surface area contributed by atoms with Crippen molar-refractivity contribution in [3.05, 3.63) is 23.6 Å². The van der Waals surface area contributed by atoms with E-state index >= 15 is 0 Å². The Labute approximate surface area is 118 Å². The number of pyridine rings is 1. The van der Waals surface area contributed by atoms with E-state index in [1.165, 1.54) is 12.8 Å². The Morgan fingerprint density at radius 1 is 1.45 bits per heavy atom. The first-order valence-electron chi connectivity index (χ1n) is 6.87. The first kappa shape index (κ1) is 15.2. The summed E-state index contributed by atoms with van der Waals surface area (Å²) in [6, 6.07) is 2.26. The van der Waals surface area contributed by atoms with E-state index in [1.54, 1.807) is 26.5 Å². The Morgan fingerprint density at radius 2 is 2.25 bits per heavy atom. The smallest absolute Gasteiger partial charge is 0.169 e. The largest absolute Gasteiger partial charge is 0.382 e. The third-order valence-corrected chi connectivity index (χ3v) is 3.31. The van der Waals surface area contributed by atoms with E-state index in [1.807, 2.05) is 0 Å². The second kappa shape index (κ2) is 7.52. The summed E-state index contributed by atoms with van der Waals surface area (Å²) in [4.78, 5) is 4.04. The Kier molecular flexibility index (Phi) is 5.70. The van der Waals surface area contributed by atoms with E-state index in [9.17, 15) is 4.39 Å². The summed E-state index contributed by atoms with van der Waals surface area (Å²) < 4.78 is 24.5. The molecule has 0 spiro atoms. The molecular weight excluding hydrogens is 261 g/mol. The number of nitrogens with zero attached hydrogens (tertiary/aromatic N) is 1. The molecule has 1 fully saturated rings. The highest BCUT2D eigenvalue weighted by Gasteiger charge is 2.21. The summed E-state index contributed by atoms with van der Waals surface area (Å²) >= 11 is 0. The van der Waals surface area contributed by atoms with Crippen LogP contribution in [0.3, 0.4) is 0 Å². The van der Waals surface area contributed by atoms with Crippen LogP contribution >= 0.6 is 0 Å². The van der Waals surface area contributed by atoms with E-state index < -0.39 is 0 Å². The first-order chi connectivity index (χ1) is 9.74. The first-order valence-corrected chi connectivity index (χ1v) is 6.87. The van der Waals surface area contributed by atoms with Crippen LogP contribution in [0.5, 0.6) is 0 Å². The summed E-state index contributed by atoms with van der Waals surface area (Å²) in [6.07, 6.45) is 3.86. The molecule has 1 atom stereocenters. The van der Waals surface area contributed by atoms with Crippen molar-refractivity contribution >= 4 is 5.82 Å². The van der Waals surface area contributed by atoms with Crippen LogP contribution in [0.1, 0.15) is 18.4 Å². The Morgan fingerprint density at radius 3 is 2.90 bits per heavy atom. The Hall–Kier alpha value is -1.24. The predicted octanol–water partition coefficient (Wildman–Crippen LogP) is 1.55.